The highest BCUT2D eigenvalue weighted by Crippen LogP contribution is 2.35. The Morgan fingerprint density at radius 3 is 2.72 bits per heavy atom. The van der Waals surface area contributed by atoms with Crippen LogP contribution in [0.2, 0.25) is 0 Å². The number of rotatable bonds is 5. The van der Waals surface area contributed by atoms with Gasteiger partial charge in [-0.25, -0.2) is 0 Å². The zero-order valence-electron chi connectivity index (χ0n) is 11.8. The van der Waals surface area contributed by atoms with E-state index >= 15 is 0 Å². The van der Waals surface area contributed by atoms with Crippen molar-refractivity contribution in [2.45, 2.75) is 39.7 Å². The molecule has 2 unspecified atom stereocenters. The molecule has 1 aliphatic rings. The summed E-state index contributed by atoms with van der Waals surface area (Å²) in [6, 6.07) is 8.86. The summed E-state index contributed by atoms with van der Waals surface area (Å²) in [6.07, 6.45) is 2.51. The molecule has 2 heteroatoms. The zero-order chi connectivity index (χ0) is 13.0. The van der Waals surface area contributed by atoms with E-state index in [-0.39, 0.29) is 0 Å². The van der Waals surface area contributed by atoms with Crippen LogP contribution in [0.5, 0.6) is 5.75 Å². The van der Waals surface area contributed by atoms with Gasteiger partial charge in [-0.3, -0.25) is 0 Å². The Bertz CT molecular complexity index is 373. The van der Waals surface area contributed by atoms with E-state index in [1.807, 2.05) is 6.07 Å². The van der Waals surface area contributed by atoms with E-state index in [0.29, 0.717) is 12.0 Å². The van der Waals surface area contributed by atoms with Crippen molar-refractivity contribution in [2.24, 2.45) is 11.8 Å². The average molecular weight is 247 g/mol. The van der Waals surface area contributed by atoms with Crippen LogP contribution in [-0.4, -0.2) is 13.2 Å². The molecule has 1 aromatic rings. The molecule has 18 heavy (non-hydrogen) atoms. The molecule has 0 saturated carbocycles. The van der Waals surface area contributed by atoms with Crippen molar-refractivity contribution in [3.8, 4) is 5.75 Å². The Kier molecular flexibility index (Phi) is 4.65. The van der Waals surface area contributed by atoms with Crippen LogP contribution >= 0.6 is 0 Å². The molecule has 1 aliphatic heterocycles. The first-order valence-electron chi connectivity index (χ1n) is 7.21. The predicted molar refractivity (Wildman–Crippen MR) is 75.9 cm³/mol. The number of benzene rings is 1. The molecule has 0 aliphatic carbocycles. The third-order valence-corrected chi connectivity index (χ3v) is 4.11. The third-order valence-electron chi connectivity index (χ3n) is 4.11. The summed E-state index contributed by atoms with van der Waals surface area (Å²) in [6.45, 7) is 8.74. The van der Waals surface area contributed by atoms with Crippen LogP contribution < -0.4 is 10.1 Å². The van der Waals surface area contributed by atoms with Gasteiger partial charge in [0.25, 0.3) is 0 Å². The highest BCUT2D eigenvalue weighted by Gasteiger charge is 2.27. The fourth-order valence-corrected chi connectivity index (χ4v) is 2.68. The number of nitrogens with one attached hydrogen (secondary N) is 1. The zero-order valence-corrected chi connectivity index (χ0v) is 11.8. The molecule has 0 fully saturated rings. The maximum atomic E-state index is 5.79. The van der Waals surface area contributed by atoms with Gasteiger partial charge in [-0.15, -0.1) is 0 Å². The lowest BCUT2D eigenvalue weighted by Crippen LogP contribution is -2.36. The molecule has 0 spiro atoms. The molecule has 1 heterocycles. The van der Waals surface area contributed by atoms with Crippen molar-refractivity contribution < 1.29 is 4.74 Å². The molecule has 0 radical (unpaired) electrons. The highest BCUT2D eigenvalue weighted by atomic mass is 16.5. The van der Waals surface area contributed by atoms with Gasteiger partial charge in [0.05, 0.1) is 6.61 Å². The maximum absolute atomic E-state index is 5.79. The van der Waals surface area contributed by atoms with Gasteiger partial charge in [0, 0.05) is 17.5 Å². The molecule has 2 atom stereocenters. The first kappa shape index (κ1) is 13.4. The Morgan fingerprint density at radius 2 is 2.00 bits per heavy atom. The molecule has 100 valence electrons. The minimum absolute atomic E-state index is 0.440. The van der Waals surface area contributed by atoms with Crippen molar-refractivity contribution in [1.29, 1.82) is 0 Å². The molecule has 0 amide bonds. The van der Waals surface area contributed by atoms with Gasteiger partial charge in [0.15, 0.2) is 0 Å². The minimum Gasteiger partial charge on any atom is -0.493 e. The lowest BCUT2D eigenvalue weighted by atomic mass is 9.91. The largest absolute Gasteiger partial charge is 0.493 e. The van der Waals surface area contributed by atoms with Gasteiger partial charge < -0.3 is 10.1 Å². The van der Waals surface area contributed by atoms with E-state index in [0.717, 1.165) is 24.8 Å². The Labute approximate surface area is 111 Å². The topological polar surface area (TPSA) is 21.3 Å². The summed E-state index contributed by atoms with van der Waals surface area (Å²) in [5.74, 6) is 2.37. The maximum Gasteiger partial charge on any atom is 0.124 e. The Hall–Kier alpha value is -1.02. The number of fused-ring (bicyclic) bond motifs is 1. The second-order valence-electron chi connectivity index (χ2n) is 5.39. The summed E-state index contributed by atoms with van der Waals surface area (Å²) >= 11 is 0. The van der Waals surface area contributed by atoms with Crippen molar-refractivity contribution >= 4 is 0 Å². The predicted octanol–water partition coefficient (Wildman–Crippen LogP) is 3.78. The Balaban J connectivity index is 2.07. The number of ether oxygens (including phenoxy) is 1. The van der Waals surface area contributed by atoms with Gasteiger partial charge in [-0.05, 0) is 18.5 Å². The summed E-state index contributed by atoms with van der Waals surface area (Å²) in [4.78, 5) is 0. The van der Waals surface area contributed by atoms with E-state index < -0.39 is 0 Å². The summed E-state index contributed by atoms with van der Waals surface area (Å²) < 4.78 is 5.79. The fraction of sp³-hybridized carbons (Fsp3) is 0.625. The quantitative estimate of drug-likeness (QED) is 0.855. The molecule has 0 saturated heterocycles. The van der Waals surface area contributed by atoms with Crippen LogP contribution in [0.1, 0.15) is 45.2 Å². The average Bonchev–Trinajstić information content (AvgIpc) is 2.42. The summed E-state index contributed by atoms with van der Waals surface area (Å²) in [7, 11) is 0. The fourth-order valence-electron chi connectivity index (χ4n) is 2.68. The van der Waals surface area contributed by atoms with Gasteiger partial charge in [-0.2, -0.15) is 0 Å². The van der Waals surface area contributed by atoms with Crippen LogP contribution in [0.15, 0.2) is 24.3 Å². The van der Waals surface area contributed by atoms with Crippen molar-refractivity contribution in [1.82, 2.24) is 5.32 Å². The second-order valence-corrected chi connectivity index (χ2v) is 5.39. The molecule has 1 aromatic carbocycles. The minimum atomic E-state index is 0.440. The molecular weight excluding hydrogens is 222 g/mol. The lowest BCUT2D eigenvalue weighted by Gasteiger charge is -2.33. The van der Waals surface area contributed by atoms with Crippen molar-refractivity contribution in [2.75, 3.05) is 13.2 Å². The Morgan fingerprint density at radius 1 is 1.28 bits per heavy atom. The number of hydrogen-bond donors (Lipinski definition) is 1. The van der Waals surface area contributed by atoms with Crippen LogP contribution in [0.4, 0.5) is 0 Å². The van der Waals surface area contributed by atoms with Gasteiger partial charge >= 0.3 is 0 Å². The number of hydrogen-bond acceptors (Lipinski definition) is 2. The monoisotopic (exact) mass is 247 g/mol. The van der Waals surface area contributed by atoms with Crippen molar-refractivity contribution in [3.63, 3.8) is 0 Å². The summed E-state index contributed by atoms with van der Waals surface area (Å²) in [5.41, 5.74) is 1.32. The van der Waals surface area contributed by atoms with E-state index in [1.165, 1.54) is 18.4 Å². The third kappa shape index (κ3) is 2.86. The first-order valence-corrected chi connectivity index (χ1v) is 7.21. The highest BCUT2D eigenvalue weighted by molar-refractivity contribution is 5.37. The standard InChI is InChI=1S/C16H25NO/c1-4-13(5-2)10-17-16-12(3)11-18-15-9-7-6-8-14(15)16/h6-9,12-13,16-17H,4-5,10-11H2,1-3H3. The summed E-state index contributed by atoms with van der Waals surface area (Å²) in [5, 5.41) is 3.75. The smallest absolute Gasteiger partial charge is 0.124 e. The van der Waals surface area contributed by atoms with Gasteiger partial charge in [0.1, 0.15) is 5.75 Å². The van der Waals surface area contributed by atoms with Gasteiger partial charge in [-0.1, -0.05) is 51.8 Å². The van der Waals surface area contributed by atoms with Crippen LogP contribution in [0.3, 0.4) is 0 Å². The van der Waals surface area contributed by atoms with Gasteiger partial charge in [0.2, 0.25) is 0 Å². The molecule has 1 N–H and O–H groups in total. The van der Waals surface area contributed by atoms with Crippen LogP contribution in [0.25, 0.3) is 0 Å². The normalized spacial score (nSPS) is 22.7. The van der Waals surface area contributed by atoms with E-state index in [1.54, 1.807) is 0 Å². The van der Waals surface area contributed by atoms with Crippen LogP contribution in [-0.2, 0) is 0 Å². The molecular formula is C16H25NO. The van der Waals surface area contributed by atoms with E-state index in [4.69, 9.17) is 4.74 Å². The molecule has 0 bridgehead atoms. The van der Waals surface area contributed by atoms with E-state index in [9.17, 15) is 0 Å². The number of para-hydroxylation sites is 1. The molecule has 0 aromatic heterocycles. The SMILES string of the molecule is CCC(CC)CNC1c2ccccc2OCC1C. The first-order chi connectivity index (χ1) is 8.76. The van der Waals surface area contributed by atoms with E-state index in [2.05, 4.69) is 44.3 Å². The van der Waals surface area contributed by atoms with Crippen molar-refractivity contribution in [3.05, 3.63) is 29.8 Å². The second kappa shape index (κ2) is 6.24. The molecule has 2 rings (SSSR count). The molecule has 2 nitrogen and oxygen atoms in total. The lowest BCUT2D eigenvalue weighted by molar-refractivity contribution is 0.184. The van der Waals surface area contributed by atoms with Crippen LogP contribution in [0, 0.1) is 11.8 Å².